The second-order valence-electron chi connectivity index (χ2n) is 5.86. The van der Waals surface area contributed by atoms with E-state index < -0.39 is 15.4 Å². The van der Waals surface area contributed by atoms with Gasteiger partial charge in [0.1, 0.15) is 0 Å². The number of hydrogen-bond donors (Lipinski definition) is 1. The van der Waals surface area contributed by atoms with Crippen molar-refractivity contribution in [2.75, 3.05) is 24.6 Å². The van der Waals surface area contributed by atoms with Crippen LogP contribution in [-0.2, 0) is 14.6 Å². The minimum atomic E-state index is -2.95. The standard InChI is InChI=1S/C13H24N2O3S/c1-3-15(11-6-9-19(17,18)10-11)12(16)13(2)7-4-5-8-14-13/h11,14H,3-10H2,1-2H3. The maximum absolute atomic E-state index is 12.7. The molecule has 19 heavy (non-hydrogen) atoms. The summed E-state index contributed by atoms with van der Waals surface area (Å²) < 4.78 is 23.2. The van der Waals surface area contributed by atoms with Crippen molar-refractivity contribution in [3.8, 4) is 0 Å². The molecule has 1 amide bonds. The number of carbonyl (C=O) groups excluding carboxylic acids is 1. The summed E-state index contributed by atoms with van der Waals surface area (Å²) in [6.07, 6.45) is 3.57. The highest BCUT2D eigenvalue weighted by atomic mass is 32.2. The summed E-state index contributed by atoms with van der Waals surface area (Å²) in [5, 5.41) is 3.31. The van der Waals surface area contributed by atoms with Crippen LogP contribution in [0.4, 0.5) is 0 Å². The Morgan fingerprint density at radius 3 is 2.63 bits per heavy atom. The van der Waals surface area contributed by atoms with Gasteiger partial charge in [-0.25, -0.2) is 8.42 Å². The number of piperidine rings is 1. The van der Waals surface area contributed by atoms with Crippen LogP contribution < -0.4 is 5.32 Å². The fraction of sp³-hybridized carbons (Fsp3) is 0.923. The molecule has 110 valence electrons. The Bertz CT molecular complexity index is 441. The van der Waals surface area contributed by atoms with E-state index in [0.717, 1.165) is 25.8 Å². The normalized spacial score (nSPS) is 34.1. The summed E-state index contributed by atoms with van der Waals surface area (Å²) in [4.78, 5) is 14.5. The summed E-state index contributed by atoms with van der Waals surface area (Å²) >= 11 is 0. The first-order valence-electron chi connectivity index (χ1n) is 7.14. The first-order valence-corrected chi connectivity index (χ1v) is 8.96. The van der Waals surface area contributed by atoms with Crippen molar-refractivity contribution >= 4 is 15.7 Å². The van der Waals surface area contributed by atoms with Gasteiger partial charge >= 0.3 is 0 Å². The third-order valence-electron chi connectivity index (χ3n) is 4.34. The van der Waals surface area contributed by atoms with Crippen LogP contribution in [0.15, 0.2) is 0 Å². The predicted octanol–water partition coefficient (Wildman–Crippen LogP) is 0.554. The molecule has 1 N–H and O–H groups in total. The molecule has 2 saturated heterocycles. The number of hydrogen-bond acceptors (Lipinski definition) is 4. The highest BCUT2D eigenvalue weighted by Crippen LogP contribution is 2.25. The molecule has 2 fully saturated rings. The topological polar surface area (TPSA) is 66.5 Å². The van der Waals surface area contributed by atoms with Gasteiger partial charge in [-0.05, 0) is 46.1 Å². The van der Waals surface area contributed by atoms with Crippen molar-refractivity contribution in [2.45, 2.75) is 51.1 Å². The van der Waals surface area contributed by atoms with Crippen molar-refractivity contribution in [1.29, 1.82) is 0 Å². The third kappa shape index (κ3) is 3.11. The minimum Gasteiger partial charge on any atom is -0.337 e. The van der Waals surface area contributed by atoms with E-state index in [9.17, 15) is 13.2 Å². The van der Waals surface area contributed by atoms with E-state index in [1.54, 1.807) is 4.90 Å². The summed E-state index contributed by atoms with van der Waals surface area (Å²) in [6.45, 7) is 5.31. The van der Waals surface area contributed by atoms with Gasteiger partial charge in [-0.15, -0.1) is 0 Å². The van der Waals surface area contributed by atoms with Crippen molar-refractivity contribution in [3.05, 3.63) is 0 Å². The fourth-order valence-electron chi connectivity index (χ4n) is 3.14. The zero-order valence-corrected chi connectivity index (χ0v) is 12.6. The molecule has 0 aromatic rings. The Kier molecular flexibility index (Phi) is 4.20. The third-order valence-corrected chi connectivity index (χ3v) is 6.09. The first kappa shape index (κ1) is 14.8. The van der Waals surface area contributed by atoms with Crippen LogP contribution in [0.25, 0.3) is 0 Å². The Balaban J connectivity index is 2.11. The SMILES string of the molecule is CCN(C(=O)C1(C)CCCCN1)C1CCS(=O)(=O)C1. The number of likely N-dealkylation sites (N-methyl/N-ethyl adjacent to an activating group) is 1. The number of nitrogens with zero attached hydrogens (tertiary/aromatic N) is 1. The lowest BCUT2D eigenvalue weighted by Crippen LogP contribution is -2.60. The zero-order chi connectivity index (χ0) is 14.1. The molecule has 2 aliphatic rings. The number of nitrogens with one attached hydrogen (secondary N) is 1. The number of carbonyl (C=O) groups is 1. The smallest absolute Gasteiger partial charge is 0.242 e. The van der Waals surface area contributed by atoms with E-state index in [4.69, 9.17) is 0 Å². The van der Waals surface area contributed by atoms with E-state index in [1.807, 2.05) is 13.8 Å². The predicted molar refractivity (Wildman–Crippen MR) is 74.7 cm³/mol. The van der Waals surface area contributed by atoms with Crippen molar-refractivity contribution in [1.82, 2.24) is 10.2 Å². The van der Waals surface area contributed by atoms with Crippen molar-refractivity contribution in [2.24, 2.45) is 0 Å². The summed E-state index contributed by atoms with van der Waals surface area (Å²) in [7, 11) is -2.95. The molecule has 0 aromatic carbocycles. The molecular formula is C13H24N2O3S. The fourth-order valence-corrected chi connectivity index (χ4v) is 4.88. The largest absolute Gasteiger partial charge is 0.337 e. The molecule has 0 aromatic heterocycles. The Morgan fingerprint density at radius 1 is 1.42 bits per heavy atom. The highest BCUT2D eigenvalue weighted by molar-refractivity contribution is 7.91. The van der Waals surface area contributed by atoms with Gasteiger partial charge < -0.3 is 10.2 Å². The lowest BCUT2D eigenvalue weighted by molar-refractivity contribution is -0.140. The number of sulfone groups is 1. The van der Waals surface area contributed by atoms with E-state index in [-0.39, 0.29) is 23.5 Å². The van der Waals surface area contributed by atoms with Gasteiger partial charge in [-0.3, -0.25) is 4.79 Å². The van der Waals surface area contributed by atoms with Crippen LogP contribution in [0.1, 0.15) is 39.5 Å². The molecule has 2 unspecified atom stereocenters. The highest BCUT2D eigenvalue weighted by Gasteiger charge is 2.41. The van der Waals surface area contributed by atoms with Crippen LogP contribution in [-0.4, -0.2) is 55.4 Å². The second-order valence-corrected chi connectivity index (χ2v) is 8.09. The molecule has 0 saturated carbocycles. The van der Waals surface area contributed by atoms with Gasteiger partial charge in [0, 0.05) is 12.6 Å². The molecular weight excluding hydrogens is 264 g/mol. The average molecular weight is 288 g/mol. The molecule has 2 rings (SSSR count). The van der Waals surface area contributed by atoms with Gasteiger partial charge in [0.25, 0.3) is 0 Å². The van der Waals surface area contributed by atoms with Gasteiger partial charge in [0.2, 0.25) is 5.91 Å². The van der Waals surface area contributed by atoms with Crippen LogP contribution in [0.5, 0.6) is 0 Å². The molecule has 6 heteroatoms. The molecule has 2 aliphatic heterocycles. The lowest BCUT2D eigenvalue weighted by Gasteiger charge is -2.39. The zero-order valence-electron chi connectivity index (χ0n) is 11.8. The lowest BCUT2D eigenvalue weighted by atomic mass is 9.89. The van der Waals surface area contributed by atoms with Gasteiger partial charge in [0.15, 0.2) is 9.84 Å². The maximum Gasteiger partial charge on any atom is 0.242 e. The van der Waals surface area contributed by atoms with Crippen LogP contribution >= 0.6 is 0 Å². The number of amides is 1. The van der Waals surface area contributed by atoms with Crippen molar-refractivity contribution < 1.29 is 13.2 Å². The summed E-state index contributed by atoms with van der Waals surface area (Å²) in [5.41, 5.74) is -0.513. The van der Waals surface area contributed by atoms with Crippen LogP contribution in [0.2, 0.25) is 0 Å². The minimum absolute atomic E-state index is 0.0665. The van der Waals surface area contributed by atoms with E-state index in [0.29, 0.717) is 13.0 Å². The molecule has 2 atom stereocenters. The molecule has 2 heterocycles. The van der Waals surface area contributed by atoms with E-state index in [2.05, 4.69) is 5.32 Å². The molecule has 0 spiro atoms. The monoisotopic (exact) mass is 288 g/mol. The Labute approximate surface area is 115 Å². The van der Waals surface area contributed by atoms with E-state index in [1.165, 1.54) is 0 Å². The molecule has 0 radical (unpaired) electrons. The molecule has 5 nitrogen and oxygen atoms in total. The number of rotatable bonds is 3. The van der Waals surface area contributed by atoms with Crippen molar-refractivity contribution in [3.63, 3.8) is 0 Å². The quantitative estimate of drug-likeness (QED) is 0.824. The van der Waals surface area contributed by atoms with Gasteiger partial charge in [-0.2, -0.15) is 0 Å². The van der Waals surface area contributed by atoms with Gasteiger partial charge in [-0.1, -0.05) is 0 Å². The average Bonchev–Trinajstić information content (AvgIpc) is 2.71. The summed E-state index contributed by atoms with van der Waals surface area (Å²) in [5.74, 6) is 0.408. The molecule has 0 bridgehead atoms. The molecule has 0 aliphatic carbocycles. The van der Waals surface area contributed by atoms with Crippen LogP contribution in [0.3, 0.4) is 0 Å². The second kappa shape index (κ2) is 5.40. The van der Waals surface area contributed by atoms with Gasteiger partial charge in [0.05, 0.1) is 17.0 Å². The summed E-state index contributed by atoms with van der Waals surface area (Å²) in [6, 6.07) is -0.136. The van der Waals surface area contributed by atoms with E-state index >= 15 is 0 Å². The Hall–Kier alpha value is -0.620. The maximum atomic E-state index is 12.7. The first-order chi connectivity index (χ1) is 8.88. The van der Waals surface area contributed by atoms with Crippen LogP contribution in [0, 0.1) is 0 Å². The Morgan fingerprint density at radius 2 is 2.16 bits per heavy atom.